The van der Waals surface area contributed by atoms with Gasteiger partial charge in [-0.05, 0) is 76.2 Å². The summed E-state index contributed by atoms with van der Waals surface area (Å²) in [4.78, 5) is 29.2. The first-order chi connectivity index (χ1) is 16.9. The summed E-state index contributed by atoms with van der Waals surface area (Å²) in [5.41, 5.74) is 0.378. The lowest BCUT2D eigenvalue weighted by atomic mass is 9.46. The summed E-state index contributed by atoms with van der Waals surface area (Å²) in [6, 6.07) is 6.26. The predicted octanol–water partition coefficient (Wildman–Crippen LogP) is 5.22. The molecule has 0 aromatic heterocycles. The van der Waals surface area contributed by atoms with Gasteiger partial charge in [-0.25, -0.2) is 0 Å². The van der Waals surface area contributed by atoms with Crippen molar-refractivity contribution in [1.82, 2.24) is 10.2 Å². The first-order valence-corrected chi connectivity index (χ1v) is 13.9. The van der Waals surface area contributed by atoms with Crippen LogP contribution >= 0.6 is 0 Å². The molecule has 4 aliphatic carbocycles. The molecule has 1 aromatic rings. The van der Waals surface area contributed by atoms with Crippen LogP contribution in [0.15, 0.2) is 18.2 Å². The molecule has 7 rings (SSSR count). The Labute approximate surface area is 209 Å². The molecule has 4 bridgehead atoms. The van der Waals surface area contributed by atoms with E-state index in [9.17, 15) is 9.59 Å². The molecule has 4 saturated carbocycles. The van der Waals surface area contributed by atoms with Gasteiger partial charge in [-0.3, -0.25) is 9.59 Å². The van der Waals surface area contributed by atoms with Gasteiger partial charge in [0, 0.05) is 18.2 Å². The van der Waals surface area contributed by atoms with Gasteiger partial charge in [-0.1, -0.05) is 38.3 Å². The van der Waals surface area contributed by atoms with Crippen LogP contribution in [0.4, 0.5) is 0 Å². The quantitative estimate of drug-likeness (QED) is 0.409. The molecule has 2 heterocycles. The number of nitrogens with one attached hydrogen (secondary N) is 1. The Morgan fingerprint density at radius 1 is 1.09 bits per heavy atom. The number of fused-ring (bicyclic) bond motifs is 1. The summed E-state index contributed by atoms with van der Waals surface area (Å²) >= 11 is 0. The lowest BCUT2D eigenvalue weighted by Gasteiger charge is -2.66. The highest BCUT2D eigenvalue weighted by Gasteiger charge is 2.66. The average molecular weight is 481 g/mol. The Morgan fingerprint density at radius 3 is 2.60 bits per heavy atom. The predicted molar refractivity (Wildman–Crippen MR) is 133 cm³/mol. The summed E-state index contributed by atoms with van der Waals surface area (Å²) in [6.45, 7) is 7.38. The normalized spacial score (nSPS) is 35.8. The Hall–Kier alpha value is -2.24. The molecule has 35 heavy (non-hydrogen) atoms. The maximum atomic E-state index is 13.6. The molecule has 190 valence electrons. The van der Waals surface area contributed by atoms with Gasteiger partial charge in [0.25, 0.3) is 0 Å². The SMILES string of the molecule is CCCCCCNC(=O)[C@]12CC3CC(C1)[C@@H](N1C(=O)C(C)(C)C1c1cccc4c1OCO4)[C@@H](C3)C2. The zero-order valence-electron chi connectivity index (χ0n) is 21.5. The second kappa shape index (κ2) is 8.41. The fraction of sp³-hybridized carbons (Fsp3) is 0.724. The highest BCUT2D eigenvalue weighted by molar-refractivity contribution is 5.91. The van der Waals surface area contributed by atoms with Gasteiger partial charge in [0.1, 0.15) is 0 Å². The van der Waals surface area contributed by atoms with Crippen molar-refractivity contribution in [2.75, 3.05) is 13.3 Å². The van der Waals surface area contributed by atoms with E-state index >= 15 is 0 Å². The highest BCUT2D eigenvalue weighted by Crippen LogP contribution is 2.65. The van der Waals surface area contributed by atoms with Crippen LogP contribution in [-0.2, 0) is 9.59 Å². The molecule has 6 nitrogen and oxygen atoms in total. The monoisotopic (exact) mass is 480 g/mol. The van der Waals surface area contributed by atoms with E-state index in [1.54, 1.807) is 0 Å². The lowest BCUT2D eigenvalue weighted by molar-refractivity contribution is -0.199. The van der Waals surface area contributed by atoms with Gasteiger partial charge < -0.3 is 19.7 Å². The smallest absolute Gasteiger partial charge is 0.231 e. The van der Waals surface area contributed by atoms with E-state index in [1.807, 2.05) is 12.1 Å². The number of hydrogen-bond acceptors (Lipinski definition) is 4. The number of rotatable bonds is 8. The number of amides is 2. The summed E-state index contributed by atoms with van der Waals surface area (Å²) < 4.78 is 11.5. The molecule has 6 aliphatic rings. The molecule has 5 fully saturated rings. The number of carbonyl (C=O) groups is 2. The van der Waals surface area contributed by atoms with E-state index in [0.717, 1.165) is 62.1 Å². The molecule has 2 amide bonds. The number of para-hydroxylation sites is 1. The molecular formula is C29H40N2O4. The number of hydrogen-bond donors (Lipinski definition) is 1. The van der Waals surface area contributed by atoms with Crippen molar-refractivity contribution < 1.29 is 19.1 Å². The van der Waals surface area contributed by atoms with Crippen molar-refractivity contribution in [3.05, 3.63) is 23.8 Å². The standard InChI is InChI=1S/C29H40N2O4/c1-4-5-6-7-11-30-26(32)29-14-18-12-19(15-29)23(20(13-18)16-29)31-25(28(2,3)27(31)33)21-9-8-10-22-24(21)35-17-34-22/h8-10,18-20,23,25H,4-7,11-17H2,1-3H3,(H,30,32)/t18?,19-,20?,23-,25?,29-/m0/s1. The number of benzene rings is 1. The zero-order valence-corrected chi connectivity index (χ0v) is 21.5. The van der Waals surface area contributed by atoms with Crippen LogP contribution in [0.3, 0.4) is 0 Å². The highest BCUT2D eigenvalue weighted by atomic mass is 16.7. The number of likely N-dealkylation sites (tertiary alicyclic amines) is 1. The van der Waals surface area contributed by atoms with Crippen LogP contribution in [0.25, 0.3) is 0 Å². The third-order valence-electron chi connectivity index (χ3n) is 9.81. The number of carbonyl (C=O) groups excluding carboxylic acids is 2. The Balaban J connectivity index is 1.23. The van der Waals surface area contributed by atoms with Crippen LogP contribution < -0.4 is 14.8 Å². The van der Waals surface area contributed by atoms with Gasteiger partial charge in [0.2, 0.25) is 18.6 Å². The van der Waals surface area contributed by atoms with Gasteiger partial charge in [-0.15, -0.1) is 0 Å². The molecule has 0 spiro atoms. The fourth-order valence-corrected chi connectivity index (χ4v) is 8.53. The molecule has 2 aliphatic heterocycles. The third-order valence-corrected chi connectivity index (χ3v) is 9.81. The second-order valence-corrected chi connectivity index (χ2v) is 12.5. The van der Waals surface area contributed by atoms with Crippen molar-refractivity contribution in [2.45, 2.75) is 90.6 Å². The van der Waals surface area contributed by atoms with Crippen LogP contribution in [0.2, 0.25) is 0 Å². The second-order valence-electron chi connectivity index (χ2n) is 12.5. The number of ether oxygens (including phenoxy) is 2. The van der Waals surface area contributed by atoms with Crippen molar-refractivity contribution in [3.63, 3.8) is 0 Å². The molecule has 1 N–H and O–H groups in total. The van der Waals surface area contributed by atoms with E-state index < -0.39 is 5.41 Å². The van der Waals surface area contributed by atoms with Crippen LogP contribution in [0, 0.1) is 28.6 Å². The topological polar surface area (TPSA) is 67.9 Å². The van der Waals surface area contributed by atoms with E-state index in [4.69, 9.17) is 9.47 Å². The van der Waals surface area contributed by atoms with Crippen molar-refractivity contribution in [2.24, 2.45) is 28.6 Å². The summed E-state index contributed by atoms with van der Waals surface area (Å²) in [7, 11) is 0. The first-order valence-electron chi connectivity index (χ1n) is 13.9. The molecular weight excluding hydrogens is 440 g/mol. The van der Waals surface area contributed by atoms with E-state index in [2.05, 4.69) is 37.1 Å². The summed E-state index contributed by atoms with van der Waals surface area (Å²) in [5.74, 6) is 3.53. The fourth-order valence-electron chi connectivity index (χ4n) is 8.53. The van der Waals surface area contributed by atoms with Gasteiger partial charge >= 0.3 is 0 Å². The third kappa shape index (κ3) is 3.49. The number of β-lactam (4-membered cyclic amide) rings is 1. The first kappa shape index (κ1) is 23.2. The number of nitrogens with zero attached hydrogens (tertiary/aromatic N) is 1. The number of unbranched alkanes of at least 4 members (excludes halogenated alkanes) is 3. The molecule has 1 aromatic carbocycles. The van der Waals surface area contributed by atoms with E-state index in [-0.39, 0.29) is 36.1 Å². The minimum atomic E-state index is -0.469. The van der Waals surface area contributed by atoms with Gasteiger partial charge in [0.15, 0.2) is 11.5 Å². The molecule has 6 atom stereocenters. The van der Waals surface area contributed by atoms with Gasteiger partial charge in [-0.2, -0.15) is 0 Å². The van der Waals surface area contributed by atoms with Gasteiger partial charge in [0.05, 0.1) is 16.9 Å². The van der Waals surface area contributed by atoms with Crippen LogP contribution in [0.5, 0.6) is 11.5 Å². The lowest BCUT2D eigenvalue weighted by Crippen LogP contribution is -2.71. The minimum absolute atomic E-state index is 0.0162. The zero-order chi connectivity index (χ0) is 24.4. The minimum Gasteiger partial charge on any atom is -0.454 e. The largest absolute Gasteiger partial charge is 0.454 e. The average Bonchev–Trinajstić information content (AvgIpc) is 3.32. The Kier molecular flexibility index (Phi) is 5.57. The van der Waals surface area contributed by atoms with Crippen molar-refractivity contribution >= 4 is 11.8 Å². The molecule has 6 heteroatoms. The van der Waals surface area contributed by atoms with Crippen LogP contribution in [0.1, 0.15) is 90.2 Å². The van der Waals surface area contributed by atoms with E-state index in [0.29, 0.717) is 17.8 Å². The molecule has 0 radical (unpaired) electrons. The molecule has 1 saturated heterocycles. The summed E-state index contributed by atoms with van der Waals surface area (Å²) in [5, 5.41) is 3.31. The van der Waals surface area contributed by atoms with Crippen molar-refractivity contribution in [1.29, 1.82) is 0 Å². The van der Waals surface area contributed by atoms with E-state index in [1.165, 1.54) is 19.3 Å². The van der Waals surface area contributed by atoms with Crippen LogP contribution in [-0.4, -0.2) is 36.1 Å². The summed E-state index contributed by atoms with van der Waals surface area (Å²) in [6.07, 6.45) is 9.89. The Morgan fingerprint density at radius 2 is 1.86 bits per heavy atom. The maximum Gasteiger partial charge on any atom is 0.231 e. The maximum absolute atomic E-state index is 13.6. The molecule has 3 unspecified atom stereocenters. The Bertz CT molecular complexity index is 1000. The van der Waals surface area contributed by atoms with Crippen molar-refractivity contribution in [3.8, 4) is 11.5 Å².